The molecule has 62 valence electrons. The zero-order chi connectivity index (χ0) is 8.55. The molecule has 1 N–H and O–H groups in total. The van der Waals surface area contributed by atoms with Crippen LogP contribution < -0.4 is 5.32 Å². The average molecular weight is 161 g/mol. The number of nitriles is 1. The van der Waals surface area contributed by atoms with Crippen LogP contribution in [0, 0.1) is 11.3 Å². The minimum absolute atomic E-state index is 0.401. The van der Waals surface area contributed by atoms with Gasteiger partial charge in [0.1, 0.15) is 11.8 Å². The highest BCUT2D eigenvalue weighted by Gasteiger charge is 2.17. The molecule has 0 saturated carbocycles. The Morgan fingerprint density at radius 3 is 3.25 bits per heavy atom. The highest BCUT2D eigenvalue weighted by Crippen LogP contribution is 2.18. The molecule has 1 atom stereocenters. The molecule has 1 aliphatic rings. The lowest BCUT2D eigenvalue weighted by Crippen LogP contribution is -2.31. The van der Waals surface area contributed by atoms with E-state index in [1.165, 1.54) is 5.69 Å². The van der Waals surface area contributed by atoms with Crippen LogP contribution in [0.1, 0.15) is 24.4 Å². The van der Waals surface area contributed by atoms with Crippen molar-refractivity contribution in [1.29, 1.82) is 5.26 Å². The molecule has 0 fully saturated rings. The van der Waals surface area contributed by atoms with Gasteiger partial charge in [0.2, 0.25) is 0 Å². The van der Waals surface area contributed by atoms with Crippen molar-refractivity contribution in [3.63, 3.8) is 0 Å². The SMILES string of the molecule is CC1CNCc2ccc(C#N)n21. The van der Waals surface area contributed by atoms with Crippen molar-refractivity contribution in [1.82, 2.24) is 9.88 Å². The predicted molar refractivity (Wildman–Crippen MR) is 45.6 cm³/mol. The first kappa shape index (κ1) is 7.38. The fraction of sp³-hybridized carbons (Fsp3) is 0.444. The molecule has 0 bridgehead atoms. The average Bonchev–Trinajstić information content (AvgIpc) is 2.49. The van der Waals surface area contributed by atoms with Crippen LogP contribution in [0.25, 0.3) is 0 Å². The van der Waals surface area contributed by atoms with E-state index < -0.39 is 0 Å². The number of aromatic nitrogens is 1. The minimum atomic E-state index is 0.401. The number of nitrogens with zero attached hydrogens (tertiary/aromatic N) is 2. The molecule has 2 rings (SSSR count). The molecule has 1 aromatic rings. The van der Waals surface area contributed by atoms with E-state index in [1.807, 2.05) is 12.1 Å². The van der Waals surface area contributed by atoms with Crippen molar-refractivity contribution in [2.45, 2.75) is 19.5 Å². The van der Waals surface area contributed by atoms with Crippen molar-refractivity contribution in [2.75, 3.05) is 6.54 Å². The monoisotopic (exact) mass is 161 g/mol. The highest BCUT2D eigenvalue weighted by atomic mass is 15.1. The van der Waals surface area contributed by atoms with Crippen LogP contribution in [0.15, 0.2) is 12.1 Å². The first-order valence-corrected chi connectivity index (χ1v) is 4.14. The maximum atomic E-state index is 8.81. The molecule has 0 amide bonds. The van der Waals surface area contributed by atoms with E-state index in [0.717, 1.165) is 18.8 Å². The summed E-state index contributed by atoms with van der Waals surface area (Å²) >= 11 is 0. The molecule has 1 aromatic heterocycles. The van der Waals surface area contributed by atoms with Gasteiger partial charge in [-0.05, 0) is 19.1 Å². The molecule has 0 aromatic carbocycles. The third-order valence-corrected chi connectivity index (χ3v) is 2.30. The normalized spacial score (nSPS) is 21.5. The standard InChI is InChI=1S/C9H11N3/c1-7-5-11-6-9-3-2-8(4-10)12(7)9/h2-3,7,11H,5-6H2,1H3. The van der Waals surface area contributed by atoms with Gasteiger partial charge in [0, 0.05) is 24.8 Å². The molecule has 0 saturated heterocycles. The van der Waals surface area contributed by atoms with Gasteiger partial charge in [0.25, 0.3) is 0 Å². The zero-order valence-corrected chi connectivity index (χ0v) is 7.04. The van der Waals surface area contributed by atoms with Gasteiger partial charge in [-0.15, -0.1) is 0 Å². The van der Waals surface area contributed by atoms with Crippen molar-refractivity contribution in [3.8, 4) is 6.07 Å². The Balaban J connectivity index is 2.52. The van der Waals surface area contributed by atoms with E-state index in [1.54, 1.807) is 0 Å². The van der Waals surface area contributed by atoms with Crippen LogP contribution >= 0.6 is 0 Å². The maximum Gasteiger partial charge on any atom is 0.120 e. The van der Waals surface area contributed by atoms with Crippen LogP contribution in [0.3, 0.4) is 0 Å². The van der Waals surface area contributed by atoms with Gasteiger partial charge in [-0.2, -0.15) is 5.26 Å². The van der Waals surface area contributed by atoms with Gasteiger partial charge in [-0.1, -0.05) is 0 Å². The smallest absolute Gasteiger partial charge is 0.120 e. The second-order valence-electron chi connectivity index (χ2n) is 3.17. The quantitative estimate of drug-likeness (QED) is 0.617. The van der Waals surface area contributed by atoms with Gasteiger partial charge in [0.05, 0.1) is 0 Å². The number of rotatable bonds is 0. The summed E-state index contributed by atoms with van der Waals surface area (Å²) in [6.07, 6.45) is 0. The number of nitrogens with one attached hydrogen (secondary N) is 1. The van der Waals surface area contributed by atoms with E-state index in [9.17, 15) is 0 Å². The predicted octanol–water partition coefficient (Wildman–Crippen LogP) is 1.02. The lowest BCUT2D eigenvalue weighted by atomic mass is 10.2. The van der Waals surface area contributed by atoms with Crippen LogP contribution in [0.4, 0.5) is 0 Å². The zero-order valence-electron chi connectivity index (χ0n) is 7.04. The Labute approximate surface area is 71.6 Å². The van der Waals surface area contributed by atoms with E-state index in [4.69, 9.17) is 5.26 Å². The van der Waals surface area contributed by atoms with Gasteiger partial charge < -0.3 is 9.88 Å². The molecule has 0 spiro atoms. The Hall–Kier alpha value is -1.27. The van der Waals surface area contributed by atoms with Crippen molar-refractivity contribution < 1.29 is 0 Å². The number of hydrogen-bond acceptors (Lipinski definition) is 2. The van der Waals surface area contributed by atoms with E-state index in [2.05, 4.69) is 22.9 Å². The maximum absolute atomic E-state index is 8.81. The van der Waals surface area contributed by atoms with Crippen molar-refractivity contribution >= 4 is 0 Å². The first-order valence-electron chi connectivity index (χ1n) is 4.14. The second-order valence-corrected chi connectivity index (χ2v) is 3.17. The van der Waals surface area contributed by atoms with Crippen molar-refractivity contribution in [3.05, 3.63) is 23.5 Å². The third kappa shape index (κ3) is 0.926. The Bertz CT molecular complexity index is 332. The molecule has 1 aliphatic heterocycles. The van der Waals surface area contributed by atoms with Gasteiger partial charge in [-0.3, -0.25) is 0 Å². The Morgan fingerprint density at radius 2 is 2.50 bits per heavy atom. The lowest BCUT2D eigenvalue weighted by molar-refractivity contribution is 0.426. The van der Waals surface area contributed by atoms with Gasteiger partial charge in [0.15, 0.2) is 0 Å². The van der Waals surface area contributed by atoms with Crippen LogP contribution in [0.2, 0.25) is 0 Å². The molecular formula is C9H11N3. The summed E-state index contributed by atoms with van der Waals surface area (Å²) in [6.45, 7) is 3.96. The largest absolute Gasteiger partial charge is 0.331 e. The van der Waals surface area contributed by atoms with Crippen LogP contribution in [-0.2, 0) is 6.54 Å². The summed E-state index contributed by atoms with van der Waals surface area (Å²) in [5, 5.41) is 12.1. The van der Waals surface area contributed by atoms with Gasteiger partial charge >= 0.3 is 0 Å². The fourth-order valence-electron chi connectivity index (χ4n) is 1.75. The van der Waals surface area contributed by atoms with Crippen LogP contribution in [0.5, 0.6) is 0 Å². The summed E-state index contributed by atoms with van der Waals surface area (Å²) in [7, 11) is 0. The molecule has 12 heavy (non-hydrogen) atoms. The summed E-state index contributed by atoms with van der Waals surface area (Å²) in [5.41, 5.74) is 1.99. The topological polar surface area (TPSA) is 40.8 Å². The van der Waals surface area contributed by atoms with E-state index in [0.29, 0.717) is 6.04 Å². The lowest BCUT2D eigenvalue weighted by Gasteiger charge is -2.24. The van der Waals surface area contributed by atoms with Crippen LogP contribution in [-0.4, -0.2) is 11.1 Å². The van der Waals surface area contributed by atoms with Gasteiger partial charge in [-0.25, -0.2) is 0 Å². The molecule has 0 radical (unpaired) electrons. The third-order valence-electron chi connectivity index (χ3n) is 2.30. The van der Waals surface area contributed by atoms with E-state index >= 15 is 0 Å². The first-order chi connectivity index (χ1) is 5.83. The molecule has 2 heterocycles. The molecule has 0 aliphatic carbocycles. The van der Waals surface area contributed by atoms with E-state index in [-0.39, 0.29) is 0 Å². The summed E-state index contributed by atoms with van der Waals surface area (Å²) < 4.78 is 2.11. The number of fused-ring (bicyclic) bond motifs is 1. The Kier molecular flexibility index (Phi) is 1.63. The summed E-state index contributed by atoms with van der Waals surface area (Å²) in [6, 6.07) is 6.50. The fourth-order valence-corrected chi connectivity index (χ4v) is 1.75. The highest BCUT2D eigenvalue weighted by molar-refractivity contribution is 5.28. The molecule has 3 heteroatoms. The minimum Gasteiger partial charge on any atom is -0.331 e. The number of hydrogen-bond donors (Lipinski definition) is 1. The Morgan fingerprint density at radius 1 is 1.67 bits per heavy atom. The molecule has 3 nitrogen and oxygen atoms in total. The summed E-state index contributed by atoms with van der Waals surface area (Å²) in [4.78, 5) is 0. The molecular weight excluding hydrogens is 150 g/mol. The second kappa shape index (κ2) is 2.65. The summed E-state index contributed by atoms with van der Waals surface area (Å²) in [5.74, 6) is 0. The van der Waals surface area contributed by atoms with Crippen molar-refractivity contribution in [2.24, 2.45) is 0 Å². The molecule has 1 unspecified atom stereocenters.